The van der Waals surface area contributed by atoms with Crippen LogP contribution in [0.5, 0.6) is 0 Å². The SMILES string of the molecule is CC(C)(C)C1(C)CCN(CC2(C#N)CC2)CC1. The zero-order valence-corrected chi connectivity index (χ0v) is 11.8. The summed E-state index contributed by atoms with van der Waals surface area (Å²) in [4.78, 5) is 2.52. The average Bonchev–Trinajstić information content (AvgIpc) is 3.01. The van der Waals surface area contributed by atoms with Crippen LogP contribution < -0.4 is 0 Å². The lowest BCUT2D eigenvalue weighted by Crippen LogP contribution is -2.46. The van der Waals surface area contributed by atoms with Crippen molar-refractivity contribution in [1.29, 1.82) is 5.26 Å². The van der Waals surface area contributed by atoms with E-state index in [2.05, 4.69) is 38.7 Å². The van der Waals surface area contributed by atoms with E-state index in [0.717, 1.165) is 19.4 Å². The van der Waals surface area contributed by atoms with Gasteiger partial charge in [0, 0.05) is 6.54 Å². The molecule has 1 heterocycles. The summed E-state index contributed by atoms with van der Waals surface area (Å²) in [5.74, 6) is 0. The van der Waals surface area contributed by atoms with E-state index in [1.807, 2.05) is 0 Å². The molecule has 0 spiro atoms. The van der Waals surface area contributed by atoms with Crippen molar-refractivity contribution in [3.63, 3.8) is 0 Å². The Bertz CT molecular complexity index is 320. The van der Waals surface area contributed by atoms with Gasteiger partial charge in [0.25, 0.3) is 0 Å². The van der Waals surface area contributed by atoms with E-state index in [1.54, 1.807) is 0 Å². The normalized spacial score (nSPS) is 27.5. The van der Waals surface area contributed by atoms with E-state index in [4.69, 9.17) is 5.26 Å². The summed E-state index contributed by atoms with van der Waals surface area (Å²) in [6, 6.07) is 2.51. The molecule has 17 heavy (non-hydrogen) atoms. The maximum Gasteiger partial charge on any atom is 0.0703 e. The minimum Gasteiger partial charge on any atom is -0.302 e. The summed E-state index contributed by atoms with van der Waals surface area (Å²) in [6.45, 7) is 12.9. The summed E-state index contributed by atoms with van der Waals surface area (Å²) >= 11 is 0. The third-order valence-corrected chi connectivity index (χ3v) is 5.39. The lowest BCUT2D eigenvalue weighted by atomic mass is 9.63. The third-order valence-electron chi connectivity index (χ3n) is 5.39. The fraction of sp³-hybridized carbons (Fsp3) is 0.933. The van der Waals surface area contributed by atoms with Crippen LogP contribution >= 0.6 is 0 Å². The quantitative estimate of drug-likeness (QED) is 0.732. The van der Waals surface area contributed by atoms with Crippen molar-refractivity contribution in [2.75, 3.05) is 19.6 Å². The highest BCUT2D eigenvalue weighted by atomic mass is 15.1. The predicted octanol–water partition coefficient (Wildman–Crippen LogP) is 3.44. The Balaban J connectivity index is 1.89. The van der Waals surface area contributed by atoms with Crippen LogP contribution in [0.25, 0.3) is 0 Å². The van der Waals surface area contributed by atoms with Crippen LogP contribution in [0.3, 0.4) is 0 Å². The first-order chi connectivity index (χ1) is 7.80. The fourth-order valence-corrected chi connectivity index (χ4v) is 2.84. The molecule has 0 unspecified atom stereocenters. The number of hydrogen-bond acceptors (Lipinski definition) is 2. The van der Waals surface area contributed by atoms with E-state index in [9.17, 15) is 0 Å². The van der Waals surface area contributed by atoms with E-state index >= 15 is 0 Å². The van der Waals surface area contributed by atoms with Gasteiger partial charge in [-0.15, -0.1) is 0 Å². The van der Waals surface area contributed by atoms with Gasteiger partial charge in [0.05, 0.1) is 11.5 Å². The lowest BCUT2D eigenvalue weighted by molar-refractivity contribution is 0.0185. The Morgan fingerprint density at radius 3 is 2.00 bits per heavy atom. The van der Waals surface area contributed by atoms with E-state index < -0.39 is 0 Å². The van der Waals surface area contributed by atoms with Crippen LogP contribution in [-0.2, 0) is 0 Å². The second kappa shape index (κ2) is 3.99. The van der Waals surface area contributed by atoms with Gasteiger partial charge in [-0.3, -0.25) is 0 Å². The van der Waals surface area contributed by atoms with Gasteiger partial charge in [0.1, 0.15) is 0 Å². The van der Waals surface area contributed by atoms with Crippen molar-refractivity contribution in [3.05, 3.63) is 0 Å². The summed E-state index contributed by atoms with van der Waals surface area (Å²) in [7, 11) is 0. The number of hydrogen-bond donors (Lipinski definition) is 0. The van der Waals surface area contributed by atoms with Gasteiger partial charge in [-0.1, -0.05) is 27.7 Å². The number of nitrogens with zero attached hydrogens (tertiary/aromatic N) is 2. The molecule has 0 N–H and O–H groups in total. The number of likely N-dealkylation sites (tertiary alicyclic amines) is 1. The highest BCUT2D eigenvalue weighted by Gasteiger charge is 2.46. The predicted molar refractivity (Wildman–Crippen MR) is 70.5 cm³/mol. The molecule has 0 bridgehead atoms. The molecule has 2 fully saturated rings. The minimum atomic E-state index is 0.0372. The van der Waals surface area contributed by atoms with Gasteiger partial charge in [-0.2, -0.15) is 5.26 Å². The molecule has 0 radical (unpaired) electrons. The molecule has 0 aromatic rings. The molecule has 2 aliphatic rings. The van der Waals surface area contributed by atoms with Crippen LogP contribution in [0.15, 0.2) is 0 Å². The first kappa shape index (κ1) is 12.9. The van der Waals surface area contributed by atoms with Gasteiger partial charge >= 0.3 is 0 Å². The Labute approximate surface area is 106 Å². The second-order valence-electron chi connectivity index (χ2n) is 7.48. The molecule has 2 rings (SSSR count). The Morgan fingerprint density at radius 1 is 1.12 bits per heavy atom. The second-order valence-corrected chi connectivity index (χ2v) is 7.48. The number of rotatable bonds is 2. The van der Waals surface area contributed by atoms with Crippen LogP contribution in [0.2, 0.25) is 0 Å². The maximum absolute atomic E-state index is 9.14. The minimum absolute atomic E-state index is 0.0372. The standard InChI is InChI=1S/C15H26N2/c1-13(2,3)14(4)7-9-17(10-8-14)12-15(11-16)5-6-15/h5-10,12H2,1-4H3. The van der Waals surface area contributed by atoms with Crippen molar-refractivity contribution < 1.29 is 0 Å². The molecule has 0 aromatic heterocycles. The first-order valence-corrected chi connectivity index (χ1v) is 6.94. The fourth-order valence-electron chi connectivity index (χ4n) is 2.84. The molecule has 1 saturated carbocycles. The topological polar surface area (TPSA) is 27.0 Å². The monoisotopic (exact) mass is 234 g/mol. The molecular weight excluding hydrogens is 208 g/mol. The molecule has 1 aliphatic carbocycles. The van der Waals surface area contributed by atoms with Crippen LogP contribution in [-0.4, -0.2) is 24.5 Å². The number of piperidine rings is 1. The Morgan fingerprint density at radius 2 is 1.65 bits per heavy atom. The van der Waals surface area contributed by atoms with Crippen molar-refractivity contribution in [3.8, 4) is 6.07 Å². The third kappa shape index (κ3) is 2.50. The molecule has 2 heteroatoms. The van der Waals surface area contributed by atoms with Crippen LogP contribution in [0.4, 0.5) is 0 Å². The molecule has 0 aromatic carbocycles. The summed E-state index contributed by atoms with van der Waals surface area (Å²) in [6.07, 6.45) is 4.79. The van der Waals surface area contributed by atoms with Crippen LogP contribution in [0.1, 0.15) is 53.4 Å². The largest absolute Gasteiger partial charge is 0.302 e. The summed E-state index contributed by atoms with van der Waals surface area (Å²) in [5, 5.41) is 9.14. The van der Waals surface area contributed by atoms with Gasteiger partial charge < -0.3 is 4.90 Å². The molecule has 0 atom stereocenters. The summed E-state index contributed by atoms with van der Waals surface area (Å²) in [5.41, 5.74) is 0.897. The van der Waals surface area contributed by atoms with Crippen molar-refractivity contribution >= 4 is 0 Å². The van der Waals surface area contributed by atoms with Crippen molar-refractivity contribution in [1.82, 2.24) is 4.90 Å². The van der Waals surface area contributed by atoms with Gasteiger partial charge in [0.2, 0.25) is 0 Å². The van der Waals surface area contributed by atoms with Gasteiger partial charge in [0.15, 0.2) is 0 Å². The first-order valence-electron chi connectivity index (χ1n) is 6.94. The van der Waals surface area contributed by atoms with Crippen LogP contribution in [0, 0.1) is 27.6 Å². The highest BCUT2D eigenvalue weighted by Crippen LogP contribution is 2.49. The van der Waals surface area contributed by atoms with E-state index in [-0.39, 0.29) is 5.41 Å². The van der Waals surface area contributed by atoms with E-state index in [1.165, 1.54) is 25.9 Å². The van der Waals surface area contributed by atoms with E-state index in [0.29, 0.717) is 10.8 Å². The van der Waals surface area contributed by atoms with Crippen molar-refractivity contribution in [2.24, 2.45) is 16.2 Å². The molecule has 1 aliphatic heterocycles. The zero-order valence-electron chi connectivity index (χ0n) is 11.8. The maximum atomic E-state index is 9.14. The Kier molecular flexibility index (Phi) is 3.02. The Hall–Kier alpha value is -0.550. The summed E-state index contributed by atoms with van der Waals surface area (Å²) < 4.78 is 0. The number of nitriles is 1. The lowest BCUT2D eigenvalue weighted by Gasteiger charge is -2.48. The molecule has 96 valence electrons. The van der Waals surface area contributed by atoms with Gasteiger partial charge in [-0.05, 0) is 49.6 Å². The molecule has 2 nitrogen and oxygen atoms in total. The molecular formula is C15H26N2. The highest BCUT2D eigenvalue weighted by molar-refractivity contribution is 5.11. The average molecular weight is 234 g/mol. The zero-order chi connectivity index (χ0) is 12.7. The smallest absolute Gasteiger partial charge is 0.0703 e. The van der Waals surface area contributed by atoms with Crippen molar-refractivity contribution in [2.45, 2.75) is 53.4 Å². The molecule has 0 amide bonds. The molecule has 1 saturated heterocycles. The van der Waals surface area contributed by atoms with Gasteiger partial charge in [-0.25, -0.2) is 0 Å².